The Kier molecular flexibility index (Phi) is 5.15. The largest absolute Gasteiger partial charge is 0.463 e. The zero-order valence-electron chi connectivity index (χ0n) is 14.7. The average molecular weight is 371 g/mol. The minimum absolute atomic E-state index is 0.0661. The van der Waals surface area contributed by atoms with Crippen LogP contribution in [-0.2, 0) is 20.7 Å². The summed E-state index contributed by atoms with van der Waals surface area (Å²) in [5.41, 5.74) is 0.560. The van der Waals surface area contributed by atoms with Crippen LogP contribution in [0, 0.1) is 0 Å². The molecule has 0 fully saturated rings. The SMILES string of the molecule is CCOC(=O)C(=O)Nc1cc(-c2ccco2)nn1-c1nc(CC)cc(=O)[nH]1. The highest BCUT2D eigenvalue weighted by Gasteiger charge is 2.21. The van der Waals surface area contributed by atoms with Crippen LogP contribution in [0.5, 0.6) is 0 Å². The number of rotatable bonds is 5. The number of nitrogens with zero attached hydrogens (tertiary/aromatic N) is 3. The van der Waals surface area contributed by atoms with E-state index in [1.165, 1.54) is 23.1 Å². The first kappa shape index (κ1) is 18.1. The molecule has 0 aliphatic carbocycles. The molecule has 0 aromatic carbocycles. The summed E-state index contributed by atoms with van der Waals surface area (Å²) in [5.74, 6) is -1.35. The van der Waals surface area contributed by atoms with Crippen LogP contribution in [0.3, 0.4) is 0 Å². The van der Waals surface area contributed by atoms with Crippen molar-refractivity contribution in [2.75, 3.05) is 11.9 Å². The number of ether oxygens (including phenoxy) is 1. The number of hydrogen-bond donors (Lipinski definition) is 2. The Balaban J connectivity index is 2.06. The van der Waals surface area contributed by atoms with Gasteiger partial charge in [-0.05, 0) is 25.5 Å². The molecule has 3 rings (SSSR count). The molecule has 3 aromatic rings. The predicted molar refractivity (Wildman–Crippen MR) is 94.3 cm³/mol. The summed E-state index contributed by atoms with van der Waals surface area (Å²) in [6.45, 7) is 3.51. The second-order valence-corrected chi connectivity index (χ2v) is 5.39. The number of carbonyl (C=O) groups is 2. The maximum absolute atomic E-state index is 12.0. The monoisotopic (exact) mass is 371 g/mol. The lowest BCUT2D eigenvalue weighted by atomic mass is 10.3. The summed E-state index contributed by atoms with van der Waals surface area (Å²) >= 11 is 0. The van der Waals surface area contributed by atoms with Gasteiger partial charge in [0.25, 0.3) is 5.56 Å². The minimum Gasteiger partial charge on any atom is -0.463 e. The van der Waals surface area contributed by atoms with E-state index in [9.17, 15) is 14.4 Å². The Bertz CT molecular complexity index is 1020. The third kappa shape index (κ3) is 3.94. The number of anilines is 1. The lowest BCUT2D eigenvalue weighted by molar-refractivity contribution is -0.152. The van der Waals surface area contributed by atoms with Gasteiger partial charge in [-0.25, -0.2) is 9.78 Å². The Hall–Kier alpha value is -3.69. The number of carbonyl (C=O) groups excluding carboxylic acids is 2. The van der Waals surface area contributed by atoms with E-state index in [1.807, 2.05) is 6.92 Å². The van der Waals surface area contributed by atoms with Gasteiger partial charge in [0.2, 0.25) is 5.95 Å². The minimum atomic E-state index is -1.03. The first-order valence-electron chi connectivity index (χ1n) is 8.24. The molecule has 2 N–H and O–H groups in total. The molecule has 0 aliphatic rings. The fourth-order valence-corrected chi connectivity index (χ4v) is 2.32. The topological polar surface area (TPSA) is 132 Å². The molecular weight excluding hydrogens is 354 g/mol. The van der Waals surface area contributed by atoms with Crippen molar-refractivity contribution in [2.45, 2.75) is 20.3 Å². The van der Waals surface area contributed by atoms with Crippen molar-refractivity contribution < 1.29 is 18.7 Å². The van der Waals surface area contributed by atoms with Gasteiger partial charge < -0.3 is 14.5 Å². The van der Waals surface area contributed by atoms with E-state index in [-0.39, 0.29) is 23.9 Å². The lowest BCUT2D eigenvalue weighted by Crippen LogP contribution is -2.26. The molecule has 10 nitrogen and oxygen atoms in total. The molecule has 0 radical (unpaired) electrons. The van der Waals surface area contributed by atoms with Crippen LogP contribution in [0.1, 0.15) is 19.5 Å². The van der Waals surface area contributed by atoms with Crippen molar-refractivity contribution in [2.24, 2.45) is 0 Å². The normalized spacial score (nSPS) is 10.6. The molecule has 27 heavy (non-hydrogen) atoms. The zero-order chi connectivity index (χ0) is 19.4. The van der Waals surface area contributed by atoms with E-state index < -0.39 is 11.9 Å². The van der Waals surface area contributed by atoms with E-state index in [0.29, 0.717) is 23.6 Å². The molecule has 3 heterocycles. The molecule has 0 atom stereocenters. The van der Waals surface area contributed by atoms with Crippen LogP contribution < -0.4 is 10.9 Å². The number of aromatic amines is 1. The predicted octanol–water partition coefficient (Wildman–Crippen LogP) is 1.28. The van der Waals surface area contributed by atoms with Crippen LogP contribution in [0.4, 0.5) is 5.82 Å². The van der Waals surface area contributed by atoms with Crippen molar-refractivity contribution in [3.8, 4) is 17.4 Å². The van der Waals surface area contributed by atoms with Gasteiger partial charge in [-0.1, -0.05) is 6.92 Å². The molecule has 1 amide bonds. The molecule has 0 aliphatic heterocycles. The maximum Gasteiger partial charge on any atom is 0.397 e. The molecule has 3 aromatic heterocycles. The Morgan fingerprint density at radius 1 is 1.33 bits per heavy atom. The quantitative estimate of drug-likeness (QED) is 0.510. The molecular formula is C17H17N5O5. The first-order chi connectivity index (χ1) is 13.0. The van der Waals surface area contributed by atoms with E-state index in [0.717, 1.165) is 0 Å². The van der Waals surface area contributed by atoms with Crippen molar-refractivity contribution in [3.63, 3.8) is 0 Å². The van der Waals surface area contributed by atoms with Gasteiger partial charge in [-0.15, -0.1) is 0 Å². The number of H-pyrrole nitrogens is 1. The van der Waals surface area contributed by atoms with Gasteiger partial charge in [0.05, 0.1) is 12.9 Å². The van der Waals surface area contributed by atoms with E-state index in [4.69, 9.17) is 4.42 Å². The van der Waals surface area contributed by atoms with Gasteiger partial charge in [0.15, 0.2) is 5.76 Å². The van der Waals surface area contributed by atoms with Gasteiger partial charge in [-0.2, -0.15) is 9.78 Å². The number of amides is 1. The highest BCUT2D eigenvalue weighted by molar-refractivity contribution is 6.37. The summed E-state index contributed by atoms with van der Waals surface area (Å²) in [7, 11) is 0. The smallest absolute Gasteiger partial charge is 0.397 e. The van der Waals surface area contributed by atoms with Crippen LogP contribution >= 0.6 is 0 Å². The van der Waals surface area contributed by atoms with Gasteiger partial charge in [0, 0.05) is 17.8 Å². The maximum atomic E-state index is 12.0. The van der Waals surface area contributed by atoms with E-state index >= 15 is 0 Å². The number of hydrogen-bond acceptors (Lipinski definition) is 7. The molecule has 140 valence electrons. The van der Waals surface area contributed by atoms with Crippen LogP contribution in [0.15, 0.2) is 39.7 Å². The fraction of sp³-hybridized carbons (Fsp3) is 0.235. The Morgan fingerprint density at radius 2 is 2.15 bits per heavy atom. The van der Waals surface area contributed by atoms with Crippen molar-refractivity contribution in [1.82, 2.24) is 19.7 Å². The number of aryl methyl sites for hydroxylation is 1. The van der Waals surface area contributed by atoms with Crippen LogP contribution in [0.25, 0.3) is 17.4 Å². The Morgan fingerprint density at radius 3 is 2.81 bits per heavy atom. The second-order valence-electron chi connectivity index (χ2n) is 5.39. The standard InChI is InChI=1S/C17H17N5O5/c1-3-10-8-14(23)20-17(18-10)22-13(19-15(24)16(25)26-4-2)9-11(21-22)12-6-5-7-27-12/h5-9H,3-4H2,1-2H3,(H,19,24)(H,18,20,23). The first-order valence-corrected chi connectivity index (χ1v) is 8.24. The van der Waals surface area contributed by atoms with E-state index in [1.54, 1.807) is 19.1 Å². The summed E-state index contributed by atoms with van der Waals surface area (Å²) in [4.78, 5) is 42.4. The average Bonchev–Trinajstić information content (AvgIpc) is 3.31. The lowest BCUT2D eigenvalue weighted by Gasteiger charge is -2.08. The number of aromatic nitrogens is 4. The van der Waals surface area contributed by atoms with Crippen LogP contribution in [0.2, 0.25) is 0 Å². The fourth-order valence-electron chi connectivity index (χ4n) is 2.32. The van der Waals surface area contributed by atoms with Crippen molar-refractivity contribution in [1.29, 1.82) is 0 Å². The highest BCUT2D eigenvalue weighted by atomic mass is 16.5. The number of furan rings is 1. The van der Waals surface area contributed by atoms with Gasteiger partial charge in [0.1, 0.15) is 11.5 Å². The molecule has 0 saturated heterocycles. The molecule has 10 heteroatoms. The summed E-state index contributed by atoms with van der Waals surface area (Å²) in [5, 5.41) is 6.74. The van der Waals surface area contributed by atoms with Crippen molar-refractivity contribution in [3.05, 3.63) is 46.6 Å². The van der Waals surface area contributed by atoms with E-state index in [2.05, 4.69) is 25.1 Å². The summed E-state index contributed by atoms with van der Waals surface area (Å²) < 4.78 is 11.2. The third-order valence-electron chi connectivity index (χ3n) is 3.53. The third-order valence-corrected chi connectivity index (χ3v) is 3.53. The molecule has 0 saturated carbocycles. The van der Waals surface area contributed by atoms with Crippen LogP contribution in [-0.4, -0.2) is 38.2 Å². The molecule has 0 bridgehead atoms. The number of nitrogens with one attached hydrogen (secondary N) is 2. The zero-order valence-corrected chi connectivity index (χ0v) is 14.7. The second kappa shape index (κ2) is 7.68. The number of esters is 1. The Labute approximate surface area is 153 Å². The van der Waals surface area contributed by atoms with Gasteiger partial charge >= 0.3 is 11.9 Å². The highest BCUT2D eigenvalue weighted by Crippen LogP contribution is 2.24. The van der Waals surface area contributed by atoms with Crippen molar-refractivity contribution >= 4 is 17.7 Å². The molecule has 0 spiro atoms. The summed E-state index contributed by atoms with van der Waals surface area (Å²) in [6.07, 6.45) is 2.01. The molecule has 0 unspecified atom stereocenters. The van der Waals surface area contributed by atoms with Gasteiger partial charge in [-0.3, -0.25) is 14.6 Å². The summed E-state index contributed by atoms with van der Waals surface area (Å²) in [6, 6.07) is 6.23.